The molecule has 0 radical (unpaired) electrons. The van der Waals surface area contributed by atoms with Crippen LogP contribution in [0.1, 0.15) is 17.9 Å². The summed E-state index contributed by atoms with van der Waals surface area (Å²) in [6.45, 7) is 1.98. The van der Waals surface area contributed by atoms with Crippen LogP contribution >= 0.6 is 0 Å². The molecule has 0 spiro atoms. The summed E-state index contributed by atoms with van der Waals surface area (Å²) in [5, 5.41) is 13.1. The zero-order chi connectivity index (χ0) is 22.8. The van der Waals surface area contributed by atoms with Gasteiger partial charge < -0.3 is 19.6 Å². The number of aliphatic imine (C=N–C) groups is 1. The summed E-state index contributed by atoms with van der Waals surface area (Å²) < 4.78 is 46.4. The summed E-state index contributed by atoms with van der Waals surface area (Å²) in [5.41, 5.74) is 3.27. The van der Waals surface area contributed by atoms with Gasteiger partial charge in [-0.15, -0.1) is 10.2 Å². The largest absolute Gasteiger partial charge is 0.415 e. The fraction of sp³-hybridized carbons (Fsp3) is 0.182. The van der Waals surface area contributed by atoms with Crippen LogP contribution in [0.25, 0.3) is 22.7 Å². The number of guanidine groups is 1. The van der Waals surface area contributed by atoms with Crippen LogP contribution in [-0.2, 0) is 6.54 Å². The van der Waals surface area contributed by atoms with Crippen LogP contribution in [0, 0.1) is 5.82 Å². The topological polar surface area (TPSA) is 93.2 Å². The number of halogens is 3. The SMILES string of the molecule is Fc1cc(Cn2cnc(-c3ccc(NC4=NCCN4)cc3)c2)ccc1-c1nnc(C(F)F)o1. The minimum absolute atomic E-state index is 0.0306. The Kier molecular flexibility index (Phi) is 5.51. The van der Waals surface area contributed by atoms with Crippen molar-refractivity contribution in [3.05, 3.63) is 72.3 Å². The van der Waals surface area contributed by atoms with Gasteiger partial charge in [0.25, 0.3) is 11.8 Å². The lowest BCUT2D eigenvalue weighted by molar-refractivity contribution is 0.116. The number of nitrogens with zero attached hydrogens (tertiary/aromatic N) is 5. The molecule has 0 bridgehead atoms. The van der Waals surface area contributed by atoms with Crippen LogP contribution in [0.15, 0.2) is 64.4 Å². The molecule has 8 nitrogen and oxygen atoms in total. The molecule has 0 saturated carbocycles. The third-order valence-electron chi connectivity index (χ3n) is 5.01. The van der Waals surface area contributed by atoms with Gasteiger partial charge in [-0.05, 0) is 29.8 Å². The molecule has 168 valence electrons. The standard InChI is InChI=1S/C22H18F3N7O/c23-17-9-13(1-6-16(17)20-30-31-21(33-20)19(24)25)10-32-11-18(28-12-32)14-2-4-15(5-3-14)29-22-26-7-8-27-22/h1-6,9,11-12,19H,7-8,10H2,(H2,26,27,29). The first-order valence-electron chi connectivity index (χ1n) is 10.1. The molecule has 33 heavy (non-hydrogen) atoms. The van der Waals surface area contributed by atoms with Crippen LogP contribution in [-0.4, -0.2) is 38.8 Å². The number of hydrogen-bond acceptors (Lipinski definition) is 7. The average molecular weight is 453 g/mol. The summed E-state index contributed by atoms with van der Waals surface area (Å²) in [7, 11) is 0. The zero-order valence-electron chi connectivity index (χ0n) is 17.2. The minimum atomic E-state index is -2.91. The summed E-state index contributed by atoms with van der Waals surface area (Å²) in [6, 6.07) is 12.2. The highest BCUT2D eigenvalue weighted by Gasteiger charge is 2.19. The molecule has 3 heterocycles. The predicted octanol–water partition coefficient (Wildman–Crippen LogP) is 4.10. The van der Waals surface area contributed by atoms with Crippen molar-refractivity contribution in [2.75, 3.05) is 18.4 Å². The van der Waals surface area contributed by atoms with Gasteiger partial charge in [-0.2, -0.15) is 8.78 Å². The maximum Gasteiger partial charge on any atom is 0.314 e. The first-order chi connectivity index (χ1) is 16.0. The molecule has 2 N–H and O–H groups in total. The molecule has 11 heteroatoms. The Labute approximate surface area is 186 Å². The van der Waals surface area contributed by atoms with Crippen molar-refractivity contribution in [2.45, 2.75) is 13.0 Å². The molecule has 2 aromatic carbocycles. The van der Waals surface area contributed by atoms with Gasteiger partial charge in [0.2, 0.25) is 0 Å². The van der Waals surface area contributed by atoms with Crippen molar-refractivity contribution in [2.24, 2.45) is 4.99 Å². The highest BCUT2D eigenvalue weighted by molar-refractivity contribution is 5.94. The third kappa shape index (κ3) is 4.56. The van der Waals surface area contributed by atoms with Gasteiger partial charge >= 0.3 is 6.43 Å². The van der Waals surface area contributed by atoms with E-state index < -0.39 is 18.1 Å². The van der Waals surface area contributed by atoms with Crippen LogP contribution in [0.4, 0.5) is 18.9 Å². The molecule has 0 saturated heterocycles. The molecule has 1 aliphatic heterocycles. The lowest BCUT2D eigenvalue weighted by atomic mass is 10.1. The molecule has 0 amide bonds. The van der Waals surface area contributed by atoms with Crippen LogP contribution in [0.3, 0.4) is 0 Å². The molecule has 0 atom stereocenters. The van der Waals surface area contributed by atoms with Gasteiger partial charge in [0.05, 0.1) is 24.1 Å². The van der Waals surface area contributed by atoms with Crippen LogP contribution in [0.5, 0.6) is 0 Å². The van der Waals surface area contributed by atoms with E-state index in [1.807, 2.05) is 35.0 Å². The van der Waals surface area contributed by atoms with Gasteiger partial charge in [0, 0.05) is 30.5 Å². The smallest absolute Gasteiger partial charge is 0.314 e. The fourth-order valence-electron chi connectivity index (χ4n) is 3.41. The first-order valence-corrected chi connectivity index (χ1v) is 10.1. The van der Waals surface area contributed by atoms with Gasteiger partial charge in [0.15, 0.2) is 5.96 Å². The Balaban J connectivity index is 1.27. The van der Waals surface area contributed by atoms with E-state index in [9.17, 15) is 13.2 Å². The number of alkyl halides is 2. The van der Waals surface area contributed by atoms with Gasteiger partial charge in [-0.1, -0.05) is 18.2 Å². The number of nitrogens with one attached hydrogen (secondary N) is 2. The van der Waals surface area contributed by atoms with Crippen LogP contribution in [0.2, 0.25) is 0 Å². The summed E-state index contributed by atoms with van der Waals surface area (Å²) >= 11 is 0. The molecule has 0 aliphatic carbocycles. The molecular weight excluding hydrogens is 435 g/mol. The number of hydrogen-bond donors (Lipinski definition) is 2. The number of anilines is 1. The third-order valence-corrected chi connectivity index (χ3v) is 5.01. The lowest BCUT2D eigenvalue weighted by Crippen LogP contribution is -2.26. The molecule has 4 aromatic rings. The van der Waals surface area contributed by atoms with Crippen molar-refractivity contribution in [1.82, 2.24) is 25.1 Å². The molecule has 1 aliphatic rings. The van der Waals surface area contributed by atoms with E-state index in [2.05, 4.69) is 30.8 Å². The Morgan fingerprint density at radius 3 is 2.67 bits per heavy atom. The van der Waals surface area contributed by atoms with Crippen molar-refractivity contribution in [3.8, 4) is 22.7 Å². The maximum absolute atomic E-state index is 14.5. The van der Waals surface area contributed by atoms with Crippen molar-refractivity contribution in [1.29, 1.82) is 0 Å². The Hall–Kier alpha value is -4.15. The molecule has 0 unspecified atom stereocenters. The molecule has 5 rings (SSSR count). The normalized spacial score (nSPS) is 13.3. The van der Waals surface area contributed by atoms with E-state index >= 15 is 0 Å². The molecular formula is C22H18F3N7O. The number of rotatable bonds is 6. The summed E-state index contributed by atoms with van der Waals surface area (Å²) in [5.74, 6) is -0.999. The molecule has 0 fully saturated rings. The maximum atomic E-state index is 14.5. The zero-order valence-corrected chi connectivity index (χ0v) is 17.2. The van der Waals surface area contributed by atoms with Gasteiger partial charge in [-0.3, -0.25) is 4.99 Å². The van der Waals surface area contributed by atoms with Crippen molar-refractivity contribution < 1.29 is 17.6 Å². The van der Waals surface area contributed by atoms with E-state index in [0.717, 1.165) is 36.0 Å². The van der Waals surface area contributed by atoms with Crippen LogP contribution < -0.4 is 10.6 Å². The van der Waals surface area contributed by atoms with Gasteiger partial charge in [0.1, 0.15) is 5.82 Å². The predicted molar refractivity (Wildman–Crippen MR) is 115 cm³/mol. The Morgan fingerprint density at radius 2 is 1.97 bits per heavy atom. The van der Waals surface area contributed by atoms with E-state index in [-0.39, 0.29) is 11.5 Å². The first kappa shape index (κ1) is 20.7. The fourth-order valence-corrected chi connectivity index (χ4v) is 3.41. The van der Waals surface area contributed by atoms with Crippen molar-refractivity contribution >= 4 is 11.6 Å². The minimum Gasteiger partial charge on any atom is -0.415 e. The number of imidazole rings is 1. The highest BCUT2D eigenvalue weighted by atomic mass is 19.3. The van der Waals surface area contributed by atoms with E-state index in [1.165, 1.54) is 12.1 Å². The lowest BCUT2D eigenvalue weighted by Gasteiger charge is -2.07. The second-order valence-corrected chi connectivity index (χ2v) is 7.35. The summed E-state index contributed by atoms with van der Waals surface area (Å²) in [6.07, 6.45) is 0.622. The van der Waals surface area contributed by atoms with E-state index in [0.29, 0.717) is 12.1 Å². The number of aromatic nitrogens is 4. The molecule has 2 aromatic heterocycles. The Morgan fingerprint density at radius 1 is 1.12 bits per heavy atom. The number of benzene rings is 2. The summed E-state index contributed by atoms with van der Waals surface area (Å²) in [4.78, 5) is 8.73. The second-order valence-electron chi connectivity index (χ2n) is 7.35. The van der Waals surface area contributed by atoms with E-state index in [4.69, 9.17) is 4.42 Å². The monoisotopic (exact) mass is 453 g/mol. The Bertz CT molecular complexity index is 1300. The van der Waals surface area contributed by atoms with Gasteiger partial charge in [-0.25, -0.2) is 9.37 Å². The van der Waals surface area contributed by atoms with E-state index in [1.54, 1.807) is 12.4 Å². The highest BCUT2D eigenvalue weighted by Crippen LogP contribution is 2.26. The quantitative estimate of drug-likeness (QED) is 0.457. The second kappa shape index (κ2) is 8.77. The average Bonchev–Trinajstić information content (AvgIpc) is 3.57. The van der Waals surface area contributed by atoms with Crippen molar-refractivity contribution in [3.63, 3.8) is 0 Å².